The van der Waals surface area contributed by atoms with Crippen LogP contribution in [0.3, 0.4) is 0 Å². The number of nitrogens with two attached hydrogens (primary N) is 1. The lowest BCUT2D eigenvalue weighted by Gasteiger charge is -2.19. The van der Waals surface area contributed by atoms with Crippen LogP contribution in [0.1, 0.15) is 83.2 Å². The van der Waals surface area contributed by atoms with Gasteiger partial charge in [-0.1, -0.05) is 0 Å². The highest BCUT2D eigenvalue weighted by atomic mass is 16.5. The third-order valence-electron chi connectivity index (χ3n) is 8.82. The Morgan fingerprint density at radius 1 is 0.672 bits per heavy atom. The molecular formula is C44H39N7O10. The lowest BCUT2D eigenvalue weighted by Crippen LogP contribution is -2.46. The summed E-state index contributed by atoms with van der Waals surface area (Å²) in [4.78, 5) is 88.4. The van der Waals surface area contributed by atoms with Gasteiger partial charge in [-0.2, -0.15) is 5.26 Å². The molecule has 61 heavy (non-hydrogen) atoms. The smallest absolute Gasteiger partial charge is 0.335 e. The van der Waals surface area contributed by atoms with Crippen molar-refractivity contribution in [2.75, 3.05) is 21.3 Å². The number of aromatic carboxylic acids is 1. The SMILES string of the molecule is Cc1cc(C(=O)Nc2ccc(C(=O)NC(CC(N)=O)C(=O)Nc3ccc(C(=O)Nc4ccc(C(=O)Nc5ccc(C(=O)O)cc5)c(O)c4OC(C)C)cc3)cc2)ccc1C#N. The number of aromatic hydroxyl groups is 1. The molecule has 9 N–H and O–H groups in total. The molecular weight excluding hydrogens is 787 g/mol. The van der Waals surface area contributed by atoms with E-state index in [1.54, 1.807) is 32.9 Å². The van der Waals surface area contributed by atoms with Crippen molar-refractivity contribution in [3.8, 4) is 17.6 Å². The maximum atomic E-state index is 13.3. The molecule has 0 radical (unpaired) electrons. The van der Waals surface area contributed by atoms with Crippen LogP contribution >= 0.6 is 0 Å². The minimum absolute atomic E-state index is 0.0198. The summed E-state index contributed by atoms with van der Waals surface area (Å²) in [5.41, 5.74) is 7.76. The van der Waals surface area contributed by atoms with Gasteiger partial charge < -0.3 is 47.3 Å². The van der Waals surface area contributed by atoms with Crippen LogP contribution in [0.4, 0.5) is 22.7 Å². The molecule has 17 heteroatoms. The molecule has 6 amide bonds. The van der Waals surface area contributed by atoms with Gasteiger partial charge in [-0.05, 0) is 129 Å². The van der Waals surface area contributed by atoms with Gasteiger partial charge in [0.2, 0.25) is 11.8 Å². The van der Waals surface area contributed by atoms with Crippen molar-refractivity contribution in [2.24, 2.45) is 5.73 Å². The van der Waals surface area contributed by atoms with E-state index >= 15 is 0 Å². The standard InChI is InChI=1S/C44H39N7O10/c1-23(2)61-38-34(19-18-33(37(38)53)42(57)48-31-16-10-27(11-17-31)44(59)60)50-39(54)25-8-14-32(15-9-25)49-43(58)35(21-36(46)52)51-40(55)26-6-12-30(13-7-26)47-41(56)28-4-5-29(22-45)24(3)20-28/h4-20,23,35,53H,21H2,1-3H3,(H2,46,52)(H,47,56)(H,48,57)(H,49,58)(H,50,54)(H,51,55)(H,59,60). The Hall–Kier alpha value is -8.52. The average molecular weight is 826 g/mol. The number of nitrogens with one attached hydrogen (secondary N) is 5. The average Bonchev–Trinajstić information content (AvgIpc) is 3.22. The predicted octanol–water partition coefficient (Wildman–Crippen LogP) is 5.43. The Morgan fingerprint density at radius 3 is 1.70 bits per heavy atom. The third-order valence-corrected chi connectivity index (χ3v) is 8.82. The monoisotopic (exact) mass is 825 g/mol. The van der Waals surface area contributed by atoms with Gasteiger partial charge in [-0.15, -0.1) is 0 Å². The summed E-state index contributed by atoms with van der Waals surface area (Å²) >= 11 is 0. The molecule has 1 unspecified atom stereocenters. The molecule has 0 aliphatic heterocycles. The van der Waals surface area contributed by atoms with E-state index in [-0.39, 0.29) is 45.1 Å². The summed E-state index contributed by atoms with van der Waals surface area (Å²) in [5.74, 6) is -6.02. The van der Waals surface area contributed by atoms with Crippen LogP contribution in [0.2, 0.25) is 0 Å². The minimum Gasteiger partial charge on any atom is -0.504 e. The van der Waals surface area contributed by atoms with Gasteiger partial charge >= 0.3 is 5.97 Å². The maximum absolute atomic E-state index is 13.3. The molecule has 0 aromatic heterocycles. The second-order valence-corrected chi connectivity index (χ2v) is 13.7. The van der Waals surface area contributed by atoms with E-state index in [1.807, 2.05) is 6.07 Å². The van der Waals surface area contributed by atoms with E-state index in [0.29, 0.717) is 22.4 Å². The number of rotatable bonds is 15. The predicted molar refractivity (Wildman–Crippen MR) is 224 cm³/mol. The molecule has 0 saturated carbocycles. The first-order valence-corrected chi connectivity index (χ1v) is 18.4. The van der Waals surface area contributed by atoms with E-state index in [2.05, 4.69) is 26.6 Å². The number of ether oxygens (including phenoxy) is 1. The van der Waals surface area contributed by atoms with Crippen molar-refractivity contribution >= 4 is 64.2 Å². The number of carboxylic acids is 1. The Balaban J connectivity index is 1.21. The fourth-order valence-electron chi connectivity index (χ4n) is 5.72. The summed E-state index contributed by atoms with van der Waals surface area (Å²) in [7, 11) is 0. The second-order valence-electron chi connectivity index (χ2n) is 13.7. The van der Waals surface area contributed by atoms with Crippen LogP contribution in [0, 0.1) is 18.3 Å². The zero-order valence-corrected chi connectivity index (χ0v) is 32.9. The maximum Gasteiger partial charge on any atom is 0.335 e. The highest BCUT2D eigenvalue weighted by molar-refractivity contribution is 6.10. The summed E-state index contributed by atoms with van der Waals surface area (Å²) in [6.07, 6.45) is -1.02. The van der Waals surface area contributed by atoms with E-state index in [9.17, 15) is 38.7 Å². The number of carboxylic acid groups (broad SMARTS) is 1. The topological polar surface area (TPSA) is 279 Å². The van der Waals surface area contributed by atoms with Crippen LogP contribution in [0.5, 0.6) is 11.5 Å². The number of amides is 6. The molecule has 310 valence electrons. The number of phenols is 1. The normalized spacial score (nSPS) is 11.0. The van der Waals surface area contributed by atoms with Crippen molar-refractivity contribution in [1.29, 1.82) is 5.26 Å². The van der Waals surface area contributed by atoms with Crippen LogP contribution in [0.25, 0.3) is 0 Å². The number of hydrogen-bond donors (Lipinski definition) is 8. The molecule has 1 atom stereocenters. The van der Waals surface area contributed by atoms with Crippen molar-refractivity contribution in [1.82, 2.24) is 5.32 Å². The van der Waals surface area contributed by atoms with E-state index in [1.165, 1.54) is 91.0 Å². The number of carbonyl (C=O) groups excluding carboxylic acids is 6. The molecule has 0 heterocycles. The largest absolute Gasteiger partial charge is 0.504 e. The summed E-state index contributed by atoms with van der Waals surface area (Å²) in [6, 6.07) is 24.7. The van der Waals surface area contributed by atoms with Gasteiger partial charge in [0.05, 0.1) is 41.0 Å². The molecule has 0 aliphatic carbocycles. The number of nitrogens with zero attached hydrogens (tertiary/aromatic N) is 1. The number of primary amides is 1. The number of hydrogen-bond acceptors (Lipinski definition) is 10. The Bertz CT molecular complexity index is 2570. The van der Waals surface area contributed by atoms with Crippen LogP contribution in [0.15, 0.2) is 103 Å². The number of carbonyl (C=O) groups is 7. The molecule has 5 aromatic carbocycles. The lowest BCUT2D eigenvalue weighted by atomic mass is 10.1. The first-order valence-electron chi connectivity index (χ1n) is 18.4. The van der Waals surface area contributed by atoms with Crippen molar-refractivity contribution in [3.05, 3.63) is 142 Å². The molecule has 0 spiro atoms. The zero-order chi connectivity index (χ0) is 44.4. The number of nitriles is 1. The number of benzene rings is 5. The van der Waals surface area contributed by atoms with E-state index < -0.39 is 65.7 Å². The summed E-state index contributed by atoms with van der Waals surface area (Å²) in [6.45, 7) is 5.07. The van der Waals surface area contributed by atoms with Gasteiger partial charge in [0, 0.05) is 33.8 Å². The molecule has 0 aliphatic rings. The molecule has 0 saturated heterocycles. The Morgan fingerprint density at radius 2 is 1.18 bits per heavy atom. The Labute approximate surface area is 348 Å². The molecule has 0 fully saturated rings. The number of aryl methyl sites for hydroxylation is 1. The van der Waals surface area contributed by atoms with Crippen LogP contribution in [-0.2, 0) is 9.59 Å². The van der Waals surface area contributed by atoms with Gasteiger partial charge in [0.1, 0.15) is 6.04 Å². The van der Waals surface area contributed by atoms with Crippen LogP contribution in [-0.4, -0.2) is 63.8 Å². The first-order chi connectivity index (χ1) is 29.0. The lowest BCUT2D eigenvalue weighted by molar-refractivity contribution is -0.123. The molecule has 17 nitrogen and oxygen atoms in total. The molecule has 0 bridgehead atoms. The highest BCUT2D eigenvalue weighted by Crippen LogP contribution is 2.39. The summed E-state index contributed by atoms with van der Waals surface area (Å²) in [5, 5.41) is 42.3. The minimum atomic E-state index is -1.39. The van der Waals surface area contributed by atoms with Crippen molar-refractivity contribution < 1.29 is 48.5 Å². The third kappa shape index (κ3) is 11.3. The van der Waals surface area contributed by atoms with Crippen molar-refractivity contribution in [3.63, 3.8) is 0 Å². The fourth-order valence-corrected chi connectivity index (χ4v) is 5.72. The van der Waals surface area contributed by atoms with Gasteiger partial charge in [0.15, 0.2) is 11.5 Å². The van der Waals surface area contributed by atoms with Gasteiger partial charge in [-0.25, -0.2) is 4.79 Å². The quantitative estimate of drug-likeness (QED) is 0.0659. The van der Waals surface area contributed by atoms with Gasteiger partial charge in [0.25, 0.3) is 23.6 Å². The fraction of sp³-hybridized carbons (Fsp3) is 0.136. The van der Waals surface area contributed by atoms with Crippen molar-refractivity contribution in [2.45, 2.75) is 39.3 Å². The molecule has 5 aromatic rings. The first kappa shape index (κ1) is 43.6. The number of phenolic OH excluding ortho intramolecular Hbond substituents is 1. The molecule has 5 rings (SSSR count). The zero-order valence-electron chi connectivity index (χ0n) is 32.9. The van der Waals surface area contributed by atoms with E-state index in [4.69, 9.17) is 20.8 Å². The highest BCUT2D eigenvalue weighted by Gasteiger charge is 2.25. The Kier molecular flexibility index (Phi) is 13.8. The van der Waals surface area contributed by atoms with Gasteiger partial charge in [-0.3, -0.25) is 28.8 Å². The number of anilines is 4. The second kappa shape index (κ2) is 19.3. The van der Waals surface area contributed by atoms with E-state index in [0.717, 1.165) is 0 Å². The van der Waals surface area contributed by atoms with Crippen LogP contribution < -0.4 is 37.1 Å². The summed E-state index contributed by atoms with van der Waals surface area (Å²) < 4.78 is 5.76.